The zero-order valence-corrected chi connectivity index (χ0v) is 10.5. The smallest absolute Gasteiger partial charge is 0.317 e. The summed E-state index contributed by atoms with van der Waals surface area (Å²) in [7, 11) is 0. The molecule has 1 saturated carbocycles. The molecule has 2 aliphatic rings. The quantitative estimate of drug-likeness (QED) is 0.742. The molecule has 1 aliphatic heterocycles. The van der Waals surface area contributed by atoms with Crippen LogP contribution in [0.3, 0.4) is 0 Å². The van der Waals surface area contributed by atoms with Crippen LogP contribution in [-0.2, 0) is 13.0 Å². The van der Waals surface area contributed by atoms with Gasteiger partial charge in [-0.15, -0.1) is 0 Å². The Morgan fingerprint density at radius 3 is 2.89 bits per heavy atom. The van der Waals surface area contributed by atoms with Gasteiger partial charge in [-0.3, -0.25) is 0 Å². The van der Waals surface area contributed by atoms with Gasteiger partial charge in [-0.05, 0) is 48.9 Å². The van der Waals surface area contributed by atoms with Crippen LogP contribution in [0.25, 0.3) is 0 Å². The molecule has 0 saturated heterocycles. The molecule has 3 rings (SSSR count). The molecule has 96 valence electrons. The van der Waals surface area contributed by atoms with E-state index in [1.54, 1.807) is 0 Å². The fourth-order valence-corrected chi connectivity index (χ4v) is 2.57. The first-order chi connectivity index (χ1) is 8.72. The second-order valence-electron chi connectivity index (χ2n) is 5.28. The van der Waals surface area contributed by atoms with Crippen LogP contribution < -0.4 is 11.1 Å². The number of anilines is 1. The van der Waals surface area contributed by atoms with E-state index in [1.165, 1.54) is 17.5 Å². The second-order valence-corrected chi connectivity index (χ2v) is 5.28. The zero-order chi connectivity index (χ0) is 12.5. The van der Waals surface area contributed by atoms with Gasteiger partial charge in [-0.2, -0.15) is 0 Å². The van der Waals surface area contributed by atoms with Crippen LogP contribution in [0.4, 0.5) is 10.5 Å². The maximum absolute atomic E-state index is 12.1. The molecule has 1 heterocycles. The van der Waals surface area contributed by atoms with Crippen LogP contribution in [0.15, 0.2) is 18.2 Å². The number of nitrogen functional groups attached to an aromatic ring is 1. The third kappa shape index (κ3) is 2.15. The lowest BCUT2D eigenvalue weighted by Crippen LogP contribution is -2.48. The van der Waals surface area contributed by atoms with Crippen LogP contribution >= 0.6 is 0 Å². The van der Waals surface area contributed by atoms with Crippen molar-refractivity contribution >= 4 is 11.7 Å². The number of benzene rings is 1. The average molecular weight is 245 g/mol. The third-order valence-electron chi connectivity index (χ3n) is 3.96. The lowest BCUT2D eigenvalue weighted by Gasteiger charge is -2.33. The molecule has 1 aromatic carbocycles. The van der Waals surface area contributed by atoms with Gasteiger partial charge in [-0.25, -0.2) is 4.79 Å². The van der Waals surface area contributed by atoms with Gasteiger partial charge in [0, 0.05) is 24.8 Å². The van der Waals surface area contributed by atoms with Crippen LogP contribution in [0.1, 0.15) is 30.4 Å². The van der Waals surface area contributed by atoms with E-state index in [0.717, 1.165) is 31.5 Å². The maximum Gasteiger partial charge on any atom is 0.317 e. The number of carbonyl (C=O) groups is 1. The summed E-state index contributed by atoms with van der Waals surface area (Å²) >= 11 is 0. The van der Waals surface area contributed by atoms with Crippen molar-refractivity contribution in [1.82, 2.24) is 10.2 Å². The van der Waals surface area contributed by atoms with Gasteiger partial charge in [0.15, 0.2) is 0 Å². The van der Waals surface area contributed by atoms with E-state index >= 15 is 0 Å². The van der Waals surface area contributed by atoms with Gasteiger partial charge in [-0.1, -0.05) is 6.07 Å². The molecule has 0 atom stereocenters. The van der Waals surface area contributed by atoms with E-state index in [9.17, 15) is 4.79 Å². The Morgan fingerprint density at radius 2 is 2.17 bits per heavy atom. The molecular weight excluding hydrogens is 226 g/mol. The Morgan fingerprint density at radius 1 is 1.33 bits per heavy atom. The maximum atomic E-state index is 12.1. The van der Waals surface area contributed by atoms with Gasteiger partial charge in [0.1, 0.15) is 0 Å². The number of carbonyl (C=O) groups excluding carboxylic acids is 1. The monoisotopic (exact) mass is 245 g/mol. The SMILES string of the molecule is Nc1ccc2c(c1)CN(C(=O)NC1CCC1)CC2. The van der Waals surface area contributed by atoms with Crippen molar-refractivity contribution in [3.8, 4) is 0 Å². The Balaban J connectivity index is 1.67. The summed E-state index contributed by atoms with van der Waals surface area (Å²) < 4.78 is 0. The number of nitrogens with zero attached hydrogens (tertiary/aromatic N) is 1. The van der Waals surface area contributed by atoms with Gasteiger partial charge in [0.05, 0.1) is 0 Å². The van der Waals surface area contributed by atoms with E-state index < -0.39 is 0 Å². The van der Waals surface area contributed by atoms with Crippen molar-refractivity contribution in [1.29, 1.82) is 0 Å². The summed E-state index contributed by atoms with van der Waals surface area (Å²) in [6.07, 6.45) is 4.42. The third-order valence-corrected chi connectivity index (χ3v) is 3.96. The topological polar surface area (TPSA) is 58.4 Å². The molecule has 0 aromatic heterocycles. The van der Waals surface area contributed by atoms with Gasteiger partial charge < -0.3 is 16.0 Å². The largest absolute Gasteiger partial charge is 0.399 e. The first kappa shape index (κ1) is 11.4. The molecular formula is C14H19N3O. The Kier molecular flexibility index (Phi) is 2.86. The van der Waals surface area contributed by atoms with Crippen molar-refractivity contribution in [3.63, 3.8) is 0 Å². The number of urea groups is 1. The van der Waals surface area contributed by atoms with E-state index in [1.807, 2.05) is 17.0 Å². The molecule has 0 radical (unpaired) electrons. The van der Waals surface area contributed by atoms with Crippen molar-refractivity contribution in [2.24, 2.45) is 0 Å². The minimum atomic E-state index is 0.0766. The molecule has 4 nitrogen and oxygen atoms in total. The highest BCUT2D eigenvalue weighted by Gasteiger charge is 2.25. The predicted molar refractivity (Wildman–Crippen MR) is 71.1 cm³/mol. The number of hydrogen-bond acceptors (Lipinski definition) is 2. The molecule has 0 spiro atoms. The Labute approximate surface area is 107 Å². The van der Waals surface area contributed by atoms with Gasteiger partial charge >= 0.3 is 6.03 Å². The van der Waals surface area contributed by atoms with Gasteiger partial charge in [0.25, 0.3) is 0 Å². The van der Waals surface area contributed by atoms with E-state index in [-0.39, 0.29) is 6.03 Å². The minimum absolute atomic E-state index is 0.0766. The number of amides is 2. The second kappa shape index (κ2) is 4.52. The molecule has 1 aromatic rings. The fraction of sp³-hybridized carbons (Fsp3) is 0.500. The summed E-state index contributed by atoms with van der Waals surface area (Å²) in [6.45, 7) is 1.48. The number of nitrogens with two attached hydrogens (primary N) is 1. The molecule has 0 unspecified atom stereocenters. The minimum Gasteiger partial charge on any atom is -0.399 e. The molecule has 1 fully saturated rings. The highest BCUT2D eigenvalue weighted by atomic mass is 16.2. The van der Waals surface area contributed by atoms with Crippen molar-refractivity contribution < 1.29 is 4.79 Å². The lowest BCUT2D eigenvalue weighted by atomic mass is 9.93. The van der Waals surface area contributed by atoms with Crippen LogP contribution in [0, 0.1) is 0 Å². The zero-order valence-electron chi connectivity index (χ0n) is 10.5. The molecule has 3 N–H and O–H groups in total. The van der Waals surface area contributed by atoms with E-state index in [4.69, 9.17) is 5.73 Å². The fourth-order valence-electron chi connectivity index (χ4n) is 2.57. The highest BCUT2D eigenvalue weighted by molar-refractivity contribution is 5.75. The van der Waals surface area contributed by atoms with Crippen molar-refractivity contribution in [3.05, 3.63) is 29.3 Å². The number of rotatable bonds is 1. The summed E-state index contributed by atoms with van der Waals surface area (Å²) in [4.78, 5) is 14.0. The first-order valence-electron chi connectivity index (χ1n) is 6.65. The van der Waals surface area contributed by atoms with Crippen LogP contribution in [0.5, 0.6) is 0 Å². The average Bonchev–Trinajstić information content (AvgIpc) is 2.32. The first-order valence-corrected chi connectivity index (χ1v) is 6.65. The standard InChI is InChI=1S/C14H19N3O/c15-12-5-4-10-6-7-17(9-11(10)8-12)14(18)16-13-2-1-3-13/h4-5,8,13H,1-3,6-7,9,15H2,(H,16,18). The summed E-state index contributed by atoms with van der Waals surface area (Å²) in [5, 5.41) is 3.09. The number of nitrogens with one attached hydrogen (secondary N) is 1. The van der Waals surface area contributed by atoms with Gasteiger partial charge in [0.2, 0.25) is 0 Å². The summed E-state index contributed by atoms with van der Waals surface area (Å²) in [6, 6.07) is 6.47. The molecule has 2 amide bonds. The van der Waals surface area contributed by atoms with E-state index in [0.29, 0.717) is 12.6 Å². The van der Waals surface area contributed by atoms with Crippen molar-refractivity contribution in [2.75, 3.05) is 12.3 Å². The molecule has 18 heavy (non-hydrogen) atoms. The van der Waals surface area contributed by atoms with Crippen LogP contribution in [-0.4, -0.2) is 23.5 Å². The summed E-state index contributed by atoms with van der Waals surface area (Å²) in [5.41, 5.74) is 9.07. The van der Waals surface area contributed by atoms with Crippen molar-refractivity contribution in [2.45, 2.75) is 38.3 Å². The number of fused-ring (bicyclic) bond motifs is 1. The normalized spacial score (nSPS) is 19.0. The Bertz CT molecular complexity index is 468. The molecule has 0 bridgehead atoms. The lowest BCUT2D eigenvalue weighted by molar-refractivity contribution is 0.181. The number of hydrogen-bond donors (Lipinski definition) is 2. The van der Waals surface area contributed by atoms with Crippen LogP contribution in [0.2, 0.25) is 0 Å². The predicted octanol–water partition coefficient (Wildman–Crippen LogP) is 1.89. The summed E-state index contributed by atoms with van der Waals surface area (Å²) in [5.74, 6) is 0. The molecule has 4 heteroatoms. The van der Waals surface area contributed by atoms with E-state index in [2.05, 4.69) is 11.4 Å². The Hall–Kier alpha value is -1.71. The molecule has 1 aliphatic carbocycles. The highest BCUT2D eigenvalue weighted by Crippen LogP contribution is 2.22.